The largest absolute Gasteiger partial charge is 0.453 e. The molecular formula is C11H14F3N5S. The third-order valence-corrected chi connectivity index (χ3v) is 3.46. The zero-order chi connectivity index (χ0) is 14.8. The number of alkyl halides is 3. The number of hydrogen-bond donors (Lipinski definition) is 1. The monoisotopic (exact) mass is 305 g/mol. The molecular weight excluding hydrogens is 291 g/mol. The van der Waals surface area contributed by atoms with E-state index in [9.17, 15) is 13.2 Å². The van der Waals surface area contributed by atoms with Crippen molar-refractivity contribution in [2.24, 2.45) is 0 Å². The molecule has 1 N–H and O–H groups in total. The van der Waals surface area contributed by atoms with Crippen LogP contribution in [-0.4, -0.2) is 37.9 Å². The van der Waals surface area contributed by atoms with E-state index < -0.39 is 12.0 Å². The minimum absolute atomic E-state index is 0.0702. The minimum atomic E-state index is -4.57. The number of thioether (sulfide) groups is 1. The fourth-order valence-electron chi connectivity index (χ4n) is 1.71. The normalized spacial score (nSPS) is 13.7. The maximum absolute atomic E-state index is 12.7. The van der Waals surface area contributed by atoms with Crippen LogP contribution in [0.25, 0.3) is 5.65 Å². The molecule has 0 aliphatic carbocycles. The van der Waals surface area contributed by atoms with E-state index in [0.29, 0.717) is 10.3 Å². The molecule has 1 unspecified atom stereocenters. The van der Waals surface area contributed by atoms with Gasteiger partial charge in [-0.05, 0) is 24.8 Å². The first-order valence-electron chi connectivity index (χ1n) is 6.00. The Hall–Kier alpha value is -1.51. The van der Waals surface area contributed by atoms with Gasteiger partial charge in [0.15, 0.2) is 5.65 Å². The van der Waals surface area contributed by atoms with Crippen molar-refractivity contribution in [3.63, 3.8) is 0 Å². The molecule has 20 heavy (non-hydrogen) atoms. The van der Waals surface area contributed by atoms with Gasteiger partial charge in [0.25, 0.3) is 5.82 Å². The highest BCUT2D eigenvalue weighted by molar-refractivity contribution is 7.98. The molecule has 5 nitrogen and oxygen atoms in total. The summed E-state index contributed by atoms with van der Waals surface area (Å²) in [6, 6.07) is 3.22. The number of nitrogens with zero attached hydrogens (tertiary/aromatic N) is 4. The molecule has 0 spiro atoms. The fourth-order valence-corrected chi connectivity index (χ4v) is 2.44. The van der Waals surface area contributed by atoms with E-state index >= 15 is 0 Å². The van der Waals surface area contributed by atoms with E-state index in [0.717, 1.165) is 12.2 Å². The first kappa shape index (κ1) is 14.9. The van der Waals surface area contributed by atoms with Crippen molar-refractivity contribution in [3.05, 3.63) is 18.0 Å². The van der Waals surface area contributed by atoms with Gasteiger partial charge < -0.3 is 5.32 Å². The topological polar surface area (TPSA) is 55.1 Å². The summed E-state index contributed by atoms with van der Waals surface area (Å²) in [5, 5.41) is 13.6. The summed E-state index contributed by atoms with van der Waals surface area (Å²) in [4.78, 5) is 0. The van der Waals surface area contributed by atoms with Gasteiger partial charge in [0.05, 0.1) is 0 Å². The lowest BCUT2D eigenvalue weighted by atomic mass is 10.2. The smallest absolute Gasteiger partial charge is 0.365 e. The molecule has 0 aromatic carbocycles. The van der Waals surface area contributed by atoms with Gasteiger partial charge in [-0.15, -0.1) is 15.3 Å². The molecule has 0 amide bonds. The van der Waals surface area contributed by atoms with E-state index in [2.05, 4.69) is 20.6 Å². The number of halogens is 3. The Morgan fingerprint density at radius 3 is 2.70 bits per heavy atom. The standard InChI is InChI=1S/C11H14F3N5S/c1-3-7(6-20-2)15-8-4-5-9-16-17-10(11(12,13)14)19(9)18-8/h4-5,7H,3,6H2,1-2H3,(H,15,18). The molecule has 2 rings (SSSR count). The third-order valence-electron chi connectivity index (χ3n) is 2.73. The Bertz CT molecular complexity index is 583. The first-order valence-corrected chi connectivity index (χ1v) is 7.40. The molecule has 0 saturated carbocycles. The number of nitrogens with one attached hydrogen (secondary N) is 1. The van der Waals surface area contributed by atoms with Crippen molar-refractivity contribution in [2.45, 2.75) is 25.6 Å². The molecule has 2 aromatic rings. The van der Waals surface area contributed by atoms with Crippen molar-refractivity contribution in [2.75, 3.05) is 17.3 Å². The molecule has 0 aliphatic heterocycles. The molecule has 0 bridgehead atoms. The summed E-state index contributed by atoms with van der Waals surface area (Å²) < 4.78 is 39.0. The first-order chi connectivity index (χ1) is 9.45. The zero-order valence-electron chi connectivity index (χ0n) is 11.0. The van der Waals surface area contributed by atoms with Crippen molar-refractivity contribution in [1.82, 2.24) is 19.8 Å². The number of aromatic nitrogens is 4. The van der Waals surface area contributed by atoms with Crippen LogP contribution < -0.4 is 5.32 Å². The molecule has 9 heteroatoms. The maximum Gasteiger partial charge on any atom is 0.453 e. The van der Waals surface area contributed by atoms with E-state index in [1.54, 1.807) is 17.8 Å². The molecule has 0 saturated heterocycles. The second kappa shape index (κ2) is 5.86. The summed E-state index contributed by atoms with van der Waals surface area (Å²) in [5.41, 5.74) is 0.0702. The van der Waals surface area contributed by atoms with E-state index in [-0.39, 0.29) is 11.7 Å². The highest BCUT2D eigenvalue weighted by atomic mass is 32.2. The summed E-state index contributed by atoms with van der Waals surface area (Å²) in [5.74, 6) is 0.114. The quantitative estimate of drug-likeness (QED) is 0.920. The Morgan fingerprint density at radius 1 is 1.35 bits per heavy atom. The van der Waals surface area contributed by atoms with E-state index in [1.165, 1.54) is 6.07 Å². The average molecular weight is 305 g/mol. The zero-order valence-corrected chi connectivity index (χ0v) is 11.8. The highest BCUT2D eigenvalue weighted by Crippen LogP contribution is 2.27. The lowest BCUT2D eigenvalue weighted by Crippen LogP contribution is -2.22. The number of anilines is 1. The Labute approximate surface area is 118 Å². The lowest BCUT2D eigenvalue weighted by molar-refractivity contribution is -0.146. The second-order valence-corrected chi connectivity index (χ2v) is 5.13. The van der Waals surface area contributed by atoms with Gasteiger partial charge >= 0.3 is 6.18 Å². The predicted molar refractivity (Wildman–Crippen MR) is 71.9 cm³/mol. The van der Waals surface area contributed by atoms with Crippen LogP contribution in [-0.2, 0) is 6.18 Å². The van der Waals surface area contributed by atoms with E-state index in [4.69, 9.17) is 0 Å². The molecule has 2 heterocycles. The van der Waals surface area contributed by atoms with Crippen molar-refractivity contribution in [3.8, 4) is 0 Å². The second-order valence-electron chi connectivity index (χ2n) is 4.21. The van der Waals surface area contributed by atoms with Gasteiger partial charge in [0.2, 0.25) is 0 Å². The van der Waals surface area contributed by atoms with E-state index in [1.807, 2.05) is 13.2 Å². The number of rotatable bonds is 5. The van der Waals surface area contributed by atoms with Crippen LogP contribution in [0.3, 0.4) is 0 Å². The van der Waals surface area contributed by atoms with Crippen LogP contribution >= 0.6 is 11.8 Å². The number of hydrogen-bond acceptors (Lipinski definition) is 5. The van der Waals surface area contributed by atoms with Crippen molar-refractivity contribution >= 4 is 23.2 Å². The van der Waals surface area contributed by atoms with Gasteiger partial charge in [-0.1, -0.05) is 6.92 Å². The van der Waals surface area contributed by atoms with Crippen LogP contribution in [0, 0.1) is 0 Å². The van der Waals surface area contributed by atoms with Gasteiger partial charge in [-0.3, -0.25) is 0 Å². The molecule has 0 radical (unpaired) electrons. The minimum Gasteiger partial charge on any atom is -0.365 e. The molecule has 1 atom stereocenters. The van der Waals surface area contributed by atoms with Crippen LogP contribution in [0.2, 0.25) is 0 Å². The summed E-state index contributed by atoms with van der Waals surface area (Å²) >= 11 is 1.66. The summed E-state index contributed by atoms with van der Waals surface area (Å²) in [7, 11) is 0. The van der Waals surface area contributed by atoms with Gasteiger partial charge in [-0.25, -0.2) is 0 Å². The van der Waals surface area contributed by atoms with Gasteiger partial charge in [0.1, 0.15) is 5.82 Å². The average Bonchev–Trinajstić information content (AvgIpc) is 2.81. The molecule has 2 aromatic heterocycles. The SMILES string of the molecule is CCC(CSC)Nc1ccc2nnc(C(F)(F)F)n2n1. The molecule has 110 valence electrons. The Kier molecular flexibility index (Phi) is 4.36. The van der Waals surface area contributed by atoms with Crippen LogP contribution in [0.4, 0.5) is 19.0 Å². The van der Waals surface area contributed by atoms with Crippen molar-refractivity contribution < 1.29 is 13.2 Å². The van der Waals surface area contributed by atoms with Crippen LogP contribution in [0.1, 0.15) is 19.2 Å². The van der Waals surface area contributed by atoms with Crippen molar-refractivity contribution in [1.29, 1.82) is 0 Å². The maximum atomic E-state index is 12.7. The Balaban J connectivity index is 2.32. The summed E-state index contributed by atoms with van der Waals surface area (Å²) in [6.07, 6.45) is -1.74. The Morgan fingerprint density at radius 2 is 2.10 bits per heavy atom. The van der Waals surface area contributed by atoms with Crippen LogP contribution in [0.15, 0.2) is 12.1 Å². The van der Waals surface area contributed by atoms with Gasteiger partial charge in [0, 0.05) is 11.8 Å². The summed E-state index contributed by atoms with van der Waals surface area (Å²) in [6.45, 7) is 2.01. The third kappa shape index (κ3) is 3.14. The fraction of sp³-hybridized carbons (Fsp3) is 0.545. The number of fused-ring (bicyclic) bond motifs is 1. The van der Waals surface area contributed by atoms with Crippen LogP contribution in [0.5, 0.6) is 0 Å². The predicted octanol–water partition coefficient (Wildman–Crippen LogP) is 2.70. The molecule has 0 aliphatic rings. The lowest BCUT2D eigenvalue weighted by Gasteiger charge is -2.16. The van der Waals surface area contributed by atoms with Gasteiger partial charge in [-0.2, -0.15) is 29.4 Å². The highest BCUT2D eigenvalue weighted by Gasteiger charge is 2.37. The molecule has 0 fully saturated rings.